The van der Waals surface area contributed by atoms with Gasteiger partial charge in [0.1, 0.15) is 5.75 Å². The summed E-state index contributed by atoms with van der Waals surface area (Å²) in [5.41, 5.74) is 2.01. The third-order valence-electron chi connectivity index (χ3n) is 4.14. The number of nitrogens with one attached hydrogen (secondary N) is 1. The average Bonchev–Trinajstić information content (AvgIpc) is 2.67. The summed E-state index contributed by atoms with van der Waals surface area (Å²) in [6.07, 6.45) is 1.99. The number of ether oxygens (including phenoxy) is 2. The molecule has 5 heteroatoms. The van der Waals surface area contributed by atoms with Crippen LogP contribution in [0, 0.1) is 0 Å². The van der Waals surface area contributed by atoms with Crippen LogP contribution in [0.3, 0.4) is 0 Å². The quantitative estimate of drug-likeness (QED) is 0.672. The number of anilines is 1. The molecule has 26 heavy (non-hydrogen) atoms. The van der Waals surface area contributed by atoms with E-state index in [1.54, 1.807) is 14.2 Å². The molecule has 0 aliphatic carbocycles. The van der Waals surface area contributed by atoms with E-state index in [4.69, 9.17) is 9.47 Å². The topological polar surface area (TPSA) is 50.8 Å². The molecule has 2 aromatic carbocycles. The van der Waals surface area contributed by atoms with E-state index in [0.717, 1.165) is 25.9 Å². The van der Waals surface area contributed by atoms with Gasteiger partial charge in [-0.05, 0) is 37.1 Å². The standard InChI is InChI=1S/C21H28N2O3/c1-25-16-15-23(14-8-11-18-9-4-3-5-10-18)17-21(24)22-19-12-6-7-13-20(19)26-2/h3-7,9-10,12-13H,8,11,14-17H2,1-2H3,(H,22,24). The second-order valence-electron chi connectivity index (χ2n) is 6.11. The van der Waals surface area contributed by atoms with Crippen molar-refractivity contribution >= 4 is 11.6 Å². The van der Waals surface area contributed by atoms with E-state index in [-0.39, 0.29) is 5.91 Å². The van der Waals surface area contributed by atoms with Gasteiger partial charge in [-0.15, -0.1) is 0 Å². The Labute approximate surface area is 155 Å². The Hall–Kier alpha value is -2.37. The van der Waals surface area contributed by atoms with Gasteiger partial charge in [-0.25, -0.2) is 0 Å². The van der Waals surface area contributed by atoms with Gasteiger partial charge in [0.25, 0.3) is 0 Å². The lowest BCUT2D eigenvalue weighted by Gasteiger charge is -2.21. The van der Waals surface area contributed by atoms with Crippen molar-refractivity contribution in [2.24, 2.45) is 0 Å². The number of aryl methyl sites for hydroxylation is 1. The summed E-state index contributed by atoms with van der Waals surface area (Å²) in [5, 5.41) is 2.93. The number of benzene rings is 2. The minimum absolute atomic E-state index is 0.0506. The third-order valence-corrected chi connectivity index (χ3v) is 4.14. The molecule has 0 saturated carbocycles. The highest BCUT2D eigenvalue weighted by Crippen LogP contribution is 2.22. The van der Waals surface area contributed by atoms with E-state index in [1.165, 1.54) is 5.56 Å². The van der Waals surface area contributed by atoms with Crippen molar-refractivity contribution in [2.75, 3.05) is 45.8 Å². The van der Waals surface area contributed by atoms with Crippen LogP contribution in [0.25, 0.3) is 0 Å². The maximum Gasteiger partial charge on any atom is 0.238 e. The number of carbonyl (C=O) groups excluding carboxylic acids is 1. The molecule has 2 rings (SSSR count). The Morgan fingerprint density at radius 1 is 1.00 bits per heavy atom. The highest BCUT2D eigenvalue weighted by Gasteiger charge is 2.12. The van der Waals surface area contributed by atoms with Gasteiger partial charge in [0.15, 0.2) is 0 Å². The molecule has 0 aliphatic heterocycles. The first kappa shape index (κ1) is 19.9. The number of rotatable bonds is 11. The molecule has 1 amide bonds. The van der Waals surface area contributed by atoms with E-state index in [0.29, 0.717) is 24.6 Å². The maximum atomic E-state index is 12.4. The molecule has 0 bridgehead atoms. The van der Waals surface area contributed by atoms with E-state index in [1.807, 2.05) is 30.3 Å². The molecule has 2 aromatic rings. The van der Waals surface area contributed by atoms with Gasteiger partial charge in [0.2, 0.25) is 5.91 Å². The van der Waals surface area contributed by atoms with Crippen LogP contribution in [0.5, 0.6) is 5.75 Å². The average molecular weight is 356 g/mol. The highest BCUT2D eigenvalue weighted by atomic mass is 16.5. The van der Waals surface area contributed by atoms with E-state index < -0.39 is 0 Å². The number of hydrogen-bond acceptors (Lipinski definition) is 4. The lowest BCUT2D eigenvalue weighted by molar-refractivity contribution is -0.117. The molecule has 1 N–H and O–H groups in total. The largest absolute Gasteiger partial charge is 0.495 e. The smallest absolute Gasteiger partial charge is 0.238 e. The number of amides is 1. The molecule has 0 radical (unpaired) electrons. The lowest BCUT2D eigenvalue weighted by atomic mass is 10.1. The van der Waals surface area contributed by atoms with Crippen molar-refractivity contribution in [3.63, 3.8) is 0 Å². The number of hydrogen-bond donors (Lipinski definition) is 1. The molecule has 140 valence electrons. The fraction of sp³-hybridized carbons (Fsp3) is 0.381. The number of para-hydroxylation sites is 2. The summed E-state index contributed by atoms with van der Waals surface area (Å²) in [5.74, 6) is 0.610. The summed E-state index contributed by atoms with van der Waals surface area (Å²) in [6, 6.07) is 17.8. The Morgan fingerprint density at radius 2 is 1.73 bits per heavy atom. The summed E-state index contributed by atoms with van der Waals surface area (Å²) in [7, 11) is 3.27. The van der Waals surface area contributed by atoms with Gasteiger partial charge >= 0.3 is 0 Å². The Morgan fingerprint density at radius 3 is 2.46 bits per heavy atom. The zero-order valence-electron chi connectivity index (χ0n) is 15.6. The van der Waals surface area contributed by atoms with Crippen LogP contribution in [-0.4, -0.2) is 51.3 Å². The second-order valence-corrected chi connectivity index (χ2v) is 6.11. The predicted molar refractivity (Wildman–Crippen MR) is 105 cm³/mol. The van der Waals surface area contributed by atoms with Gasteiger partial charge in [-0.1, -0.05) is 42.5 Å². The number of methoxy groups -OCH3 is 2. The molecule has 5 nitrogen and oxygen atoms in total. The summed E-state index contributed by atoms with van der Waals surface area (Å²) in [4.78, 5) is 14.6. The first-order valence-electron chi connectivity index (χ1n) is 8.91. The highest BCUT2D eigenvalue weighted by molar-refractivity contribution is 5.93. The monoisotopic (exact) mass is 356 g/mol. The SMILES string of the molecule is COCCN(CCCc1ccccc1)CC(=O)Nc1ccccc1OC. The Kier molecular flexibility index (Phi) is 8.66. The van der Waals surface area contributed by atoms with Crippen LogP contribution in [0.4, 0.5) is 5.69 Å². The van der Waals surface area contributed by atoms with Gasteiger partial charge in [-0.2, -0.15) is 0 Å². The molecule has 0 atom stereocenters. The molecule has 0 aliphatic rings. The van der Waals surface area contributed by atoms with E-state index in [2.05, 4.69) is 34.5 Å². The van der Waals surface area contributed by atoms with Crippen molar-refractivity contribution in [1.82, 2.24) is 4.90 Å². The molecule has 0 unspecified atom stereocenters. The molecular weight excluding hydrogens is 328 g/mol. The Balaban J connectivity index is 1.86. The van der Waals surface area contributed by atoms with Crippen LogP contribution >= 0.6 is 0 Å². The van der Waals surface area contributed by atoms with Crippen LogP contribution in [0.15, 0.2) is 54.6 Å². The minimum Gasteiger partial charge on any atom is -0.495 e. The van der Waals surface area contributed by atoms with Gasteiger partial charge < -0.3 is 14.8 Å². The Bertz CT molecular complexity index is 661. The third kappa shape index (κ3) is 6.86. The summed E-state index contributed by atoms with van der Waals surface area (Å²) < 4.78 is 10.5. The first-order valence-corrected chi connectivity index (χ1v) is 8.91. The van der Waals surface area contributed by atoms with Crippen LogP contribution in [-0.2, 0) is 16.0 Å². The zero-order valence-corrected chi connectivity index (χ0v) is 15.6. The van der Waals surface area contributed by atoms with Crippen molar-refractivity contribution in [2.45, 2.75) is 12.8 Å². The van der Waals surface area contributed by atoms with Crippen LogP contribution in [0.1, 0.15) is 12.0 Å². The molecule has 0 fully saturated rings. The van der Waals surface area contributed by atoms with Crippen molar-refractivity contribution in [3.8, 4) is 5.75 Å². The summed E-state index contributed by atoms with van der Waals surface area (Å²) >= 11 is 0. The molecule has 0 spiro atoms. The van der Waals surface area contributed by atoms with Crippen molar-refractivity contribution in [1.29, 1.82) is 0 Å². The lowest BCUT2D eigenvalue weighted by Crippen LogP contribution is -2.36. The van der Waals surface area contributed by atoms with Gasteiger partial charge in [-0.3, -0.25) is 9.69 Å². The van der Waals surface area contributed by atoms with Gasteiger partial charge in [0.05, 0.1) is 25.9 Å². The first-order chi connectivity index (χ1) is 12.7. The van der Waals surface area contributed by atoms with Crippen LogP contribution in [0.2, 0.25) is 0 Å². The van der Waals surface area contributed by atoms with Crippen molar-refractivity contribution < 1.29 is 14.3 Å². The van der Waals surface area contributed by atoms with Crippen molar-refractivity contribution in [3.05, 3.63) is 60.2 Å². The fourth-order valence-corrected chi connectivity index (χ4v) is 2.78. The second kappa shape index (κ2) is 11.3. The number of carbonyl (C=O) groups is 1. The van der Waals surface area contributed by atoms with Crippen LogP contribution < -0.4 is 10.1 Å². The fourth-order valence-electron chi connectivity index (χ4n) is 2.78. The van der Waals surface area contributed by atoms with E-state index >= 15 is 0 Å². The summed E-state index contributed by atoms with van der Waals surface area (Å²) in [6.45, 7) is 2.51. The number of nitrogens with zero attached hydrogens (tertiary/aromatic N) is 1. The predicted octanol–water partition coefficient (Wildman–Crippen LogP) is 3.21. The van der Waals surface area contributed by atoms with Gasteiger partial charge in [0, 0.05) is 13.7 Å². The normalized spacial score (nSPS) is 10.7. The molecule has 0 heterocycles. The molecule has 0 saturated heterocycles. The zero-order chi connectivity index (χ0) is 18.6. The maximum absolute atomic E-state index is 12.4. The van der Waals surface area contributed by atoms with E-state index in [9.17, 15) is 4.79 Å². The minimum atomic E-state index is -0.0506. The molecule has 0 aromatic heterocycles. The molecular formula is C21H28N2O3.